The van der Waals surface area contributed by atoms with Crippen LogP contribution < -0.4 is 5.32 Å². The van der Waals surface area contributed by atoms with Gasteiger partial charge in [-0.15, -0.1) is 12.4 Å². The minimum atomic E-state index is 0. The third kappa shape index (κ3) is 4.97. The van der Waals surface area contributed by atoms with E-state index >= 15 is 0 Å². The molecule has 4 heteroatoms. The summed E-state index contributed by atoms with van der Waals surface area (Å²) in [6.45, 7) is 6.15. The molecule has 1 amide bonds. The smallest absolute Gasteiger partial charge is 0.226 e. The molecule has 0 saturated carbocycles. The lowest BCUT2D eigenvalue weighted by molar-refractivity contribution is -0.131. The Hall–Kier alpha value is -1.06. The fraction of sp³-hybridized carbons (Fsp3) is 0.650. The number of halogens is 1. The standard InChI is InChI=1S/C20H30N2O.ClH/c1-2-21-15-16-9-11-22(12-10-16)20(23)14-17-7-8-18-5-3-4-6-19(18)13-17;/h7-8,13,16,21H,2-6,9-12,14-15H2,1H3;1H. The van der Waals surface area contributed by atoms with E-state index in [1.165, 1.54) is 42.4 Å². The summed E-state index contributed by atoms with van der Waals surface area (Å²) in [5.74, 6) is 1.05. The van der Waals surface area contributed by atoms with E-state index in [9.17, 15) is 4.79 Å². The van der Waals surface area contributed by atoms with Gasteiger partial charge < -0.3 is 10.2 Å². The summed E-state index contributed by atoms with van der Waals surface area (Å²) in [5.41, 5.74) is 4.17. The van der Waals surface area contributed by atoms with E-state index in [4.69, 9.17) is 0 Å². The van der Waals surface area contributed by atoms with Crippen LogP contribution in [0.1, 0.15) is 49.3 Å². The van der Waals surface area contributed by atoms with Crippen LogP contribution in [0.3, 0.4) is 0 Å². The Balaban J connectivity index is 0.00000208. The van der Waals surface area contributed by atoms with Gasteiger partial charge in [-0.05, 0) is 74.2 Å². The molecule has 0 bridgehead atoms. The van der Waals surface area contributed by atoms with Crippen LogP contribution in [0.4, 0.5) is 0 Å². The average Bonchev–Trinajstić information content (AvgIpc) is 2.60. The van der Waals surface area contributed by atoms with Crippen LogP contribution in [0.15, 0.2) is 18.2 Å². The fourth-order valence-corrected chi connectivity index (χ4v) is 3.92. The summed E-state index contributed by atoms with van der Waals surface area (Å²) in [7, 11) is 0. The van der Waals surface area contributed by atoms with Crippen molar-refractivity contribution in [2.45, 2.75) is 51.9 Å². The molecular weight excluding hydrogens is 320 g/mol. The first kappa shape index (κ1) is 19.3. The number of carbonyl (C=O) groups is 1. The van der Waals surface area contributed by atoms with Crippen LogP contribution in [-0.4, -0.2) is 37.0 Å². The quantitative estimate of drug-likeness (QED) is 0.883. The zero-order valence-corrected chi connectivity index (χ0v) is 15.7. The van der Waals surface area contributed by atoms with Crippen molar-refractivity contribution in [3.63, 3.8) is 0 Å². The second-order valence-electron chi connectivity index (χ2n) is 7.12. The number of nitrogens with one attached hydrogen (secondary N) is 1. The lowest BCUT2D eigenvalue weighted by Gasteiger charge is -2.32. The van der Waals surface area contributed by atoms with Gasteiger partial charge in [-0.3, -0.25) is 4.79 Å². The van der Waals surface area contributed by atoms with Gasteiger partial charge in [0.05, 0.1) is 6.42 Å². The average molecular weight is 351 g/mol. The number of fused-ring (bicyclic) bond motifs is 1. The minimum absolute atomic E-state index is 0. The Morgan fingerprint density at radius 1 is 1.17 bits per heavy atom. The van der Waals surface area contributed by atoms with Crippen molar-refractivity contribution in [1.29, 1.82) is 0 Å². The summed E-state index contributed by atoms with van der Waals surface area (Å²) in [5, 5.41) is 3.43. The normalized spacial score (nSPS) is 18.0. The first-order valence-electron chi connectivity index (χ1n) is 9.35. The molecule has 1 heterocycles. The third-order valence-electron chi connectivity index (χ3n) is 5.42. The van der Waals surface area contributed by atoms with Crippen molar-refractivity contribution in [2.75, 3.05) is 26.2 Å². The van der Waals surface area contributed by atoms with Gasteiger partial charge >= 0.3 is 0 Å². The number of likely N-dealkylation sites (tertiary alicyclic amines) is 1. The van der Waals surface area contributed by atoms with Crippen LogP contribution in [0.2, 0.25) is 0 Å². The summed E-state index contributed by atoms with van der Waals surface area (Å²) in [4.78, 5) is 14.6. The van der Waals surface area contributed by atoms with Gasteiger partial charge in [0, 0.05) is 13.1 Å². The highest BCUT2D eigenvalue weighted by Gasteiger charge is 2.22. The first-order valence-corrected chi connectivity index (χ1v) is 9.35. The van der Waals surface area contributed by atoms with Crippen LogP contribution >= 0.6 is 12.4 Å². The van der Waals surface area contributed by atoms with Crippen LogP contribution in [0, 0.1) is 5.92 Å². The van der Waals surface area contributed by atoms with E-state index in [1.54, 1.807) is 0 Å². The maximum absolute atomic E-state index is 12.6. The zero-order chi connectivity index (χ0) is 16.1. The third-order valence-corrected chi connectivity index (χ3v) is 5.42. The highest BCUT2D eigenvalue weighted by Crippen LogP contribution is 2.23. The van der Waals surface area contributed by atoms with Crippen LogP contribution in [-0.2, 0) is 24.1 Å². The fourth-order valence-electron chi connectivity index (χ4n) is 3.92. The van der Waals surface area contributed by atoms with Crippen molar-refractivity contribution in [1.82, 2.24) is 10.2 Å². The van der Waals surface area contributed by atoms with Gasteiger partial charge in [0.15, 0.2) is 0 Å². The van der Waals surface area contributed by atoms with Gasteiger partial charge in [-0.25, -0.2) is 0 Å². The van der Waals surface area contributed by atoms with Gasteiger partial charge in [0.2, 0.25) is 5.91 Å². The van der Waals surface area contributed by atoms with Crippen molar-refractivity contribution >= 4 is 18.3 Å². The first-order chi connectivity index (χ1) is 11.3. The molecule has 1 aromatic rings. The van der Waals surface area contributed by atoms with Crippen molar-refractivity contribution < 1.29 is 4.79 Å². The molecule has 0 atom stereocenters. The highest BCUT2D eigenvalue weighted by atomic mass is 35.5. The number of benzene rings is 1. The number of carbonyl (C=O) groups excluding carboxylic acids is 1. The number of piperidine rings is 1. The minimum Gasteiger partial charge on any atom is -0.342 e. The number of amides is 1. The van der Waals surface area contributed by atoms with Crippen molar-refractivity contribution in [2.24, 2.45) is 5.92 Å². The maximum atomic E-state index is 12.6. The molecule has 1 saturated heterocycles. The van der Waals surface area contributed by atoms with Gasteiger partial charge in [0.25, 0.3) is 0 Å². The highest BCUT2D eigenvalue weighted by molar-refractivity contribution is 5.85. The summed E-state index contributed by atoms with van der Waals surface area (Å²) >= 11 is 0. The van der Waals surface area contributed by atoms with Gasteiger partial charge in [-0.1, -0.05) is 25.1 Å². The molecule has 0 aromatic heterocycles. The molecular formula is C20H31ClN2O. The predicted molar refractivity (Wildman–Crippen MR) is 102 cm³/mol. The molecule has 2 aliphatic rings. The van der Waals surface area contributed by atoms with Gasteiger partial charge in [-0.2, -0.15) is 0 Å². The number of aryl methyl sites for hydroxylation is 2. The molecule has 0 radical (unpaired) electrons. The predicted octanol–water partition coefficient (Wildman–Crippen LogP) is 3.38. The molecule has 24 heavy (non-hydrogen) atoms. The number of hydrogen-bond acceptors (Lipinski definition) is 2. The second-order valence-corrected chi connectivity index (χ2v) is 7.12. The summed E-state index contributed by atoms with van der Waals surface area (Å²) in [6.07, 6.45) is 7.86. The lowest BCUT2D eigenvalue weighted by atomic mass is 9.90. The number of nitrogens with zero attached hydrogens (tertiary/aromatic N) is 1. The molecule has 134 valence electrons. The Morgan fingerprint density at radius 3 is 2.58 bits per heavy atom. The van der Waals surface area contributed by atoms with E-state index in [0.29, 0.717) is 12.3 Å². The molecule has 0 spiro atoms. The van der Waals surface area contributed by atoms with Crippen LogP contribution in [0.5, 0.6) is 0 Å². The molecule has 1 aromatic carbocycles. The van der Waals surface area contributed by atoms with E-state index in [-0.39, 0.29) is 12.4 Å². The van der Waals surface area contributed by atoms with E-state index < -0.39 is 0 Å². The number of rotatable bonds is 5. The van der Waals surface area contributed by atoms with Gasteiger partial charge in [0.1, 0.15) is 0 Å². The molecule has 1 fully saturated rings. The van der Waals surface area contributed by atoms with Crippen LogP contribution in [0.25, 0.3) is 0 Å². The number of hydrogen-bond donors (Lipinski definition) is 1. The summed E-state index contributed by atoms with van der Waals surface area (Å²) < 4.78 is 0. The SMILES string of the molecule is CCNCC1CCN(C(=O)Cc2ccc3c(c2)CCCC3)CC1.Cl. The molecule has 3 nitrogen and oxygen atoms in total. The monoisotopic (exact) mass is 350 g/mol. The Bertz CT molecular complexity index is 538. The van der Waals surface area contributed by atoms with E-state index in [0.717, 1.165) is 44.9 Å². The molecule has 1 N–H and O–H groups in total. The summed E-state index contributed by atoms with van der Waals surface area (Å²) in [6, 6.07) is 6.70. The topological polar surface area (TPSA) is 32.3 Å². The lowest BCUT2D eigenvalue weighted by Crippen LogP contribution is -2.41. The molecule has 1 aliphatic heterocycles. The molecule has 0 unspecified atom stereocenters. The second kappa shape index (κ2) is 9.43. The largest absolute Gasteiger partial charge is 0.342 e. The maximum Gasteiger partial charge on any atom is 0.226 e. The molecule has 3 rings (SSSR count). The Labute approximate surface area is 152 Å². The van der Waals surface area contributed by atoms with Crippen molar-refractivity contribution in [3.05, 3.63) is 34.9 Å². The zero-order valence-electron chi connectivity index (χ0n) is 14.9. The molecule has 1 aliphatic carbocycles. The van der Waals surface area contributed by atoms with E-state index in [1.807, 2.05) is 0 Å². The Morgan fingerprint density at radius 2 is 1.88 bits per heavy atom. The van der Waals surface area contributed by atoms with Crippen molar-refractivity contribution in [3.8, 4) is 0 Å². The van der Waals surface area contributed by atoms with E-state index in [2.05, 4.69) is 35.3 Å². The Kier molecular flexibility index (Phi) is 7.57.